The molecule has 1 fully saturated rings. The third kappa shape index (κ3) is 4.61. The first kappa shape index (κ1) is 21.6. The number of sulfonamides is 1. The Morgan fingerprint density at radius 2 is 1.67 bits per heavy atom. The van der Waals surface area contributed by atoms with E-state index in [1.165, 1.54) is 18.5 Å². The number of methoxy groups -OCH3 is 1. The lowest BCUT2D eigenvalue weighted by molar-refractivity contribution is -0.118. The number of aryl methyl sites for hydroxylation is 2. The predicted octanol–water partition coefficient (Wildman–Crippen LogP) is 0.626. The van der Waals surface area contributed by atoms with E-state index in [0.717, 1.165) is 11.1 Å². The van der Waals surface area contributed by atoms with Crippen molar-refractivity contribution in [1.29, 1.82) is 0 Å². The Hall–Kier alpha value is -1.65. The van der Waals surface area contributed by atoms with Gasteiger partial charge in [0.2, 0.25) is 15.9 Å². The molecule has 1 amide bonds. The number of carbonyl (C=O) groups is 1. The van der Waals surface area contributed by atoms with Gasteiger partial charge in [-0.3, -0.25) is 4.79 Å². The van der Waals surface area contributed by atoms with Crippen LogP contribution in [0.1, 0.15) is 24.0 Å². The standard InChI is InChI=1S/C17H26N2O6S2/c1-12-9-15(10-13(2)17(12)25-4)27(23,24)19-7-5-14(6-8-19)26(21,22)11-16(20)18-3/h9-10,14H,5-8,11H2,1-4H3,(H,18,20). The van der Waals surface area contributed by atoms with Crippen molar-refractivity contribution < 1.29 is 26.4 Å². The highest BCUT2D eigenvalue weighted by Crippen LogP contribution is 2.30. The lowest BCUT2D eigenvalue weighted by atomic mass is 10.1. The first-order valence-corrected chi connectivity index (χ1v) is 11.8. The second-order valence-electron chi connectivity index (χ2n) is 6.67. The third-order valence-corrected chi connectivity index (χ3v) is 8.82. The van der Waals surface area contributed by atoms with Gasteiger partial charge in [0.1, 0.15) is 11.5 Å². The molecule has 2 rings (SSSR count). The Bertz CT molecular complexity index is 894. The number of carbonyl (C=O) groups excluding carboxylic acids is 1. The number of ether oxygens (including phenoxy) is 1. The predicted molar refractivity (Wildman–Crippen MR) is 102 cm³/mol. The minimum absolute atomic E-state index is 0.101. The maximum Gasteiger partial charge on any atom is 0.243 e. The van der Waals surface area contributed by atoms with Crippen LogP contribution in [-0.2, 0) is 24.7 Å². The third-order valence-electron chi connectivity index (χ3n) is 4.80. The topological polar surface area (TPSA) is 110 Å². The normalized spacial score (nSPS) is 16.9. The second-order valence-corrected chi connectivity index (χ2v) is 10.9. The number of benzene rings is 1. The number of nitrogens with one attached hydrogen (secondary N) is 1. The quantitative estimate of drug-likeness (QED) is 0.725. The number of rotatable bonds is 6. The number of sulfone groups is 1. The molecule has 27 heavy (non-hydrogen) atoms. The summed E-state index contributed by atoms with van der Waals surface area (Å²) in [5.41, 5.74) is 1.44. The van der Waals surface area contributed by atoms with E-state index in [2.05, 4.69) is 5.32 Å². The molecule has 1 aliphatic heterocycles. The molecule has 0 bridgehead atoms. The summed E-state index contributed by atoms with van der Waals surface area (Å²) in [6.07, 6.45) is 0.347. The molecule has 0 radical (unpaired) electrons. The van der Waals surface area contributed by atoms with Crippen LogP contribution >= 0.6 is 0 Å². The molecule has 1 aromatic carbocycles. The lowest BCUT2D eigenvalue weighted by Crippen LogP contribution is -2.44. The largest absolute Gasteiger partial charge is 0.496 e. The van der Waals surface area contributed by atoms with Crippen molar-refractivity contribution in [3.05, 3.63) is 23.3 Å². The minimum Gasteiger partial charge on any atom is -0.496 e. The van der Waals surface area contributed by atoms with E-state index >= 15 is 0 Å². The van der Waals surface area contributed by atoms with Crippen LogP contribution in [0.2, 0.25) is 0 Å². The SMILES string of the molecule is CNC(=O)CS(=O)(=O)C1CCN(S(=O)(=O)c2cc(C)c(OC)c(C)c2)CC1. The fourth-order valence-electron chi connectivity index (χ4n) is 3.33. The maximum atomic E-state index is 12.9. The molecule has 1 N–H and O–H groups in total. The number of amides is 1. The summed E-state index contributed by atoms with van der Waals surface area (Å²) in [4.78, 5) is 11.6. The summed E-state index contributed by atoms with van der Waals surface area (Å²) >= 11 is 0. The van der Waals surface area contributed by atoms with Crippen LogP contribution in [0.25, 0.3) is 0 Å². The molecular formula is C17H26N2O6S2. The van der Waals surface area contributed by atoms with Crippen molar-refractivity contribution in [3.8, 4) is 5.75 Å². The average Bonchev–Trinajstić information content (AvgIpc) is 2.61. The van der Waals surface area contributed by atoms with Gasteiger partial charge in [-0.1, -0.05) is 0 Å². The van der Waals surface area contributed by atoms with Gasteiger partial charge < -0.3 is 10.1 Å². The van der Waals surface area contributed by atoms with Crippen molar-refractivity contribution in [2.45, 2.75) is 36.8 Å². The van der Waals surface area contributed by atoms with E-state index in [1.54, 1.807) is 26.0 Å². The molecule has 0 aromatic heterocycles. The Morgan fingerprint density at radius 1 is 1.15 bits per heavy atom. The summed E-state index contributed by atoms with van der Waals surface area (Å²) in [5.74, 6) is -0.486. The monoisotopic (exact) mass is 418 g/mol. The van der Waals surface area contributed by atoms with Crippen LogP contribution in [0.3, 0.4) is 0 Å². The molecule has 0 atom stereocenters. The highest BCUT2D eigenvalue weighted by Gasteiger charge is 2.36. The second kappa shape index (κ2) is 8.15. The van der Waals surface area contributed by atoms with Crippen LogP contribution in [0.4, 0.5) is 0 Å². The molecule has 1 aliphatic rings. The molecule has 10 heteroatoms. The summed E-state index contributed by atoms with van der Waals surface area (Å²) < 4.78 is 57.1. The van der Waals surface area contributed by atoms with Gasteiger partial charge in [0.25, 0.3) is 0 Å². The Labute approximate surface area is 160 Å². The number of piperidine rings is 1. The van der Waals surface area contributed by atoms with Crippen molar-refractivity contribution >= 4 is 25.8 Å². The summed E-state index contributed by atoms with van der Waals surface area (Å²) in [6, 6.07) is 3.13. The average molecular weight is 419 g/mol. The zero-order chi connectivity index (χ0) is 20.4. The van der Waals surface area contributed by atoms with Gasteiger partial charge in [-0.05, 0) is 49.9 Å². The van der Waals surface area contributed by atoms with E-state index in [-0.39, 0.29) is 30.8 Å². The zero-order valence-corrected chi connectivity index (χ0v) is 17.6. The van der Waals surface area contributed by atoms with E-state index < -0.39 is 36.8 Å². The van der Waals surface area contributed by atoms with Crippen LogP contribution < -0.4 is 10.1 Å². The summed E-state index contributed by atoms with van der Waals surface area (Å²) in [6.45, 7) is 3.76. The van der Waals surface area contributed by atoms with Crippen LogP contribution in [-0.4, -0.2) is 65.3 Å². The molecule has 1 aromatic rings. The fraction of sp³-hybridized carbons (Fsp3) is 0.588. The van der Waals surface area contributed by atoms with Crippen LogP contribution in [0.15, 0.2) is 17.0 Å². The van der Waals surface area contributed by atoms with Crippen LogP contribution in [0.5, 0.6) is 5.75 Å². The molecule has 8 nitrogen and oxygen atoms in total. The highest BCUT2D eigenvalue weighted by atomic mass is 32.2. The van der Waals surface area contributed by atoms with Crippen molar-refractivity contribution in [2.75, 3.05) is 33.0 Å². The molecule has 0 aliphatic carbocycles. The van der Waals surface area contributed by atoms with Gasteiger partial charge in [-0.15, -0.1) is 0 Å². The van der Waals surface area contributed by atoms with E-state index in [0.29, 0.717) is 5.75 Å². The Balaban J connectivity index is 2.17. The van der Waals surface area contributed by atoms with Gasteiger partial charge >= 0.3 is 0 Å². The van der Waals surface area contributed by atoms with Gasteiger partial charge in [0.05, 0.1) is 17.3 Å². The Morgan fingerprint density at radius 3 is 2.11 bits per heavy atom. The molecule has 0 saturated carbocycles. The number of hydrogen-bond acceptors (Lipinski definition) is 6. The van der Waals surface area contributed by atoms with Gasteiger partial charge in [0, 0.05) is 20.1 Å². The molecule has 1 saturated heterocycles. The van der Waals surface area contributed by atoms with E-state index in [1.807, 2.05) is 0 Å². The lowest BCUT2D eigenvalue weighted by Gasteiger charge is -2.31. The van der Waals surface area contributed by atoms with Crippen LogP contribution in [0, 0.1) is 13.8 Å². The summed E-state index contributed by atoms with van der Waals surface area (Å²) in [5, 5.41) is 1.59. The molecular weight excluding hydrogens is 392 g/mol. The van der Waals surface area contributed by atoms with Crippen molar-refractivity contribution in [1.82, 2.24) is 9.62 Å². The van der Waals surface area contributed by atoms with Crippen molar-refractivity contribution in [2.24, 2.45) is 0 Å². The molecule has 1 heterocycles. The van der Waals surface area contributed by atoms with E-state index in [9.17, 15) is 21.6 Å². The molecule has 0 spiro atoms. The number of nitrogens with zero attached hydrogens (tertiary/aromatic N) is 1. The smallest absolute Gasteiger partial charge is 0.243 e. The zero-order valence-electron chi connectivity index (χ0n) is 16.0. The summed E-state index contributed by atoms with van der Waals surface area (Å²) in [7, 11) is -4.41. The molecule has 0 unspecified atom stereocenters. The van der Waals surface area contributed by atoms with Crippen molar-refractivity contribution in [3.63, 3.8) is 0 Å². The maximum absolute atomic E-state index is 12.9. The minimum atomic E-state index is -3.72. The highest BCUT2D eigenvalue weighted by molar-refractivity contribution is 7.92. The number of hydrogen-bond donors (Lipinski definition) is 1. The van der Waals surface area contributed by atoms with Gasteiger partial charge in [-0.2, -0.15) is 4.31 Å². The van der Waals surface area contributed by atoms with E-state index in [4.69, 9.17) is 4.74 Å². The Kier molecular flexibility index (Phi) is 6.54. The van der Waals surface area contributed by atoms with Gasteiger partial charge in [-0.25, -0.2) is 16.8 Å². The first-order valence-electron chi connectivity index (χ1n) is 8.60. The first-order chi connectivity index (χ1) is 12.5. The fourth-order valence-corrected chi connectivity index (χ4v) is 6.65. The molecule has 152 valence electrons. The van der Waals surface area contributed by atoms with Gasteiger partial charge in [0.15, 0.2) is 9.84 Å².